The van der Waals surface area contributed by atoms with Gasteiger partial charge in [0, 0.05) is 0 Å². The molecule has 1 heterocycles. The van der Waals surface area contributed by atoms with E-state index in [4.69, 9.17) is 5.26 Å². The van der Waals surface area contributed by atoms with Crippen LogP contribution in [0.15, 0.2) is 23.0 Å². The number of nitrogens with one attached hydrogen (secondary N) is 1. The first kappa shape index (κ1) is 8.45. The molecule has 0 bridgehead atoms. The molecule has 14 heavy (non-hydrogen) atoms. The highest BCUT2D eigenvalue weighted by molar-refractivity contribution is 5.77. The molecule has 1 aromatic heterocycles. The highest BCUT2D eigenvalue weighted by Crippen LogP contribution is 2.11. The summed E-state index contributed by atoms with van der Waals surface area (Å²) in [5.41, 5.74) is 1.74. The molecule has 0 aliphatic heterocycles. The van der Waals surface area contributed by atoms with Gasteiger partial charge in [-0.15, -0.1) is 0 Å². The minimum absolute atomic E-state index is 0.0944. The summed E-state index contributed by atoms with van der Waals surface area (Å²) in [5.74, 6) is 0. The van der Waals surface area contributed by atoms with Crippen LogP contribution in [-0.4, -0.2) is 9.97 Å². The Hall–Kier alpha value is -2.15. The van der Waals surface area contributed by atoms with Crippen LogP contribution in [0.2, 0.25) is 0 Å². The number of hydrogen-bond donors (Lipinski definition) is 1. The number of aromatic nitrogens is 2. The first-order valence-electron chi connectivity index (χ1n) is 4.12. The zero-order chi connectivity index (χ0) is 10.1. The lowest BCUT2D eigenvalue weighted by Crippen LogP contribution is -2.12. The Bertz CT molecular complexity index is 592. The fourth-order valence-electron chi connectivity index (χ4n) is 1.33. The summed E-state index contributed by atoms with van der Waals surface area (Å²) in [7, 11) is 0. The van der Waals surface area contributed by atoms with Gasteiger partial charge in [0.25, 0.3) is 5.56 Å². The van der Waals surface area contributed by atoms with Crippen molar-refractivity contribution in [2.24, 2.45) is 0 Å². The molecule has 0 atom stereocenters. The molecule has 0 spiro atoms. The SMILES string of the molecule is Cc1cccc2nc(C#N)c(=O)[nH]c12. The topological polar surface area (TPSA) is 69.5 Å². The van der Waals surface area contributed by atoms with Gasteiger partial charge in [0.05, 0.1) is 11.0 Å². The number of para-hydroxylation sites is 1. The van der Waals surface area contributed by atoms with E-state index < -0.39 is 5.56 Å². The maximum Gasteiger partial charge on any atom is 0.285 e. The lowest BCUT2D eigenvalue weighted by molar-refractivity contribution is 1.16. The maximum atomic E-state index is 11.3. The third-order valence-electron chi connectivity index (χ3n) is 2.04. The molecule has 0 aliphatic carbocycles. The number of rotatable bonds is 0. The molecule has 0 fully saturated rings. The molecular weight excluding hydrogens is 178 g/mol. The van der Waals surface area contributed by atoms with Gasteiger partial charge in [0.2, 0.25) is 5.69 Å². The summed E-state index contributed by atoms with van der Waals surface area (Å²) in [6, 6.07) is 7.23. The average molecular weight is 185 g/mol. The molecule has 4 nitrogen and oxygen atoms in total. The minimum Gasteiger partial charge on any atom is -0.318 e. The Labute approximate surface area is 79.8 Å². The van der Waals surface area contributed by atoms with Crippen molar-refractivity contribution in [1.29, 1.82) is 5.26 Å². The molecule has 0 amide bonds. The normalized spacial score (nSPS) is 10.0. The van der Waals surface area contributed by atoms with Gasteiger partial charge in [0.1, 0.15) is 6.07 Å². The highest BCUT2D eigenvalue weighted by atomic mass is 16.1. The third kappa shape index (κ3) is 1.15. The average Bonchev–Trinajstić information content (AvgIpc) is 2.19. The van der Waals surface area contributed by atoms with E-state index in [1.54, 1.807) is 12.1 Å². The predicted octanol–water partition coefficient (Wildman–Crippen LogP) is 1.10. The largest absolute Gasteiger partial charge is 0.318 e. The zero-order valence-corrected chi connectivity index (χ0v) is 7.53. The van der Waals surface area contributed by atoms with Crippen molar-refractivity contribution in [2.45, 2.75) is 6.92 Å². The minimum atomic E-state index is -0.436. The standard InChI is InChI=1S/C10H7N3O/c1-6-3-2-4-7-9(6)13-10(14)8(5-11)12-7/h2-4H,1H3,(H,13,14). The van der Waals surface area contributed by atoms with Gasteiger partial charge in [-0.2, -0.15) is 5.26 Å². The molecule has 4 heteroatoms. The highest BCUT2D eigenvalue weighted by Gasteiger charge is 2.04. The molecule has 1 N–H and O–H groups in total. The van der Waals surface area contributed by atoms with Crippen LogP contribution in [0, 0.1) is 18.3 Å². The quantitative estimate of drug-likeness (QED) is 0.668. The molecule has 0 aliphatic rings. The number of aryl methyl sites for hydroxylation is 1. The smallest absolute Gasteiger partial charge is 0.285 e. The van der Waals surface area contributed by atoms with Gasteiger partial charge >= 0.3 is 0 Å². The van der Waals surface area contributed by atoms with Crippen LogP contribution in [0.1, 0.15) is 11.3 Å². The summed E-state index contributed by atoms with van der Waals surface area (Å²) >= 11 is 0. The number of nitrogens with zero attached hydrogens (tertiary/aromatic N) is 2. The zero-order valence-electron chi connectivity index (χ0n) is 7.53. The van der Waals surface area contributed by atoms with Crippen molar-refractivity contribution in [2.75, 3.05) is 0 Å². The van der Waals surface area contributed by atoms with Gasteiger partial charge in [-0.25, -0.2) is 4.98 Å². The summed E-state index contributed by atoms with van der Waals surface area (Å²) in [5, 5.41) is 8.61. The third-order valence-corrected chi connectivity index (χ3v) is 2.04. The van der Waals surface area contributed by atoms with Crippen molar-refractivity contribution >= 4 is 11.0 Å². The van der Waals surface area contributed by atoms with E-state index >= 15 is 0 Å². The molecule has 2 aromatic rings. The second kappa shape index (κ2) is 2.96. The van der Waals surface area contributed by atoms with E-state index in [0.717, 1.165) is 5.56 Å². The summed E-state index contributed by atoms with van der Waals surface area (Å²) < 4.78 is 0. The van der Waals surface area contributed by atoms with E-state index in [1.165, 1.54) is 0 Å². The number of hydrogen-bond acceptors (Lipinski definition) is 3. The Morgan fingerprint density at radius 2 is 2.29 bits per heavy atom. The summed E-state index contributed by atoms with van der Waals surface area (Å²) in [4.78, 5) is 17.9. The Balaban J connectivity index is 2.95. The molecule has 0 unspecified atom stereocenters. The van der Waals surface area contributed by atoms with Crippen molar-refractivity contribution in [3.8, 4) is 6.07 Å². The Morgan fingerprint density at radius 1 is 1.50 bits per heavy atom. The number of aromatic amines is 1. The van der Waals surface area contributed by atoms with Gasteiger partial charge in [-0.05, 0) is 18.6 Å². The Morgan fingerprint density at radius 3 is 3.00 bits per heavy atom. The van der Waals surface area contributed by atoms with Crippen LogP contribution >= 0.6 is 0 Å². The fourth-order valence-corrected chi connectivity index (χ4v) is 1.33. The van der Waals surface area contributed by atoms with Gasteiger partial charge in [-0.1, -0.05) is 12.1 Å². The second-order valence-electron chi connectivity index (χ2n) is 3.00. The van der Waals surface area contributed by atoms with Crippen LogP contribution in [0.3, 0.4) is 0 Å². The predicted molar refractivity (Wildman–Crippen MR) is 51.8 cm³/mol. The number of nitriles is 1. The molecule has 0 saturated heterocycles. The van der Waals surface area contributed by atoms with Gasteiger partial charge in [0.15, 0.2) is 0 Å². The van der Waals surface area contributed by atoms with Gasteiger partial charge < -0.3 is 4.98 Å². The van der Waals surface area contributed by atoms with E-state index in [-0.39, 0.29) is 5.69 Å². The summed E-state index contributed by atoms with van der Waals surface area (Å²) in [6.07, 6.45) is 0. The molecule has 0 saturated carbocycles. The number of benzene rings is 1. The molecule has 0 radical (unpaired) electrons. The first-order valence-corrected chi connectivity index (χ1v) is 4.12. The molecule has 2 rings (SSSR count). The molecule has 1 aromatic carbocycles. The van der Waals surface area contributed by atoms with Crippen molar-refractivity contribution in [3.63, 3.8) is 0 Å². The van der Waals surface area contributed by atoms with Gasteiger partial charge in [-0.3, -0.25) is 4.79 Å². The van der Waals surface area contributed by atoms with E-state index in [1.807, 2.05) is 19.1 Å². The second-order valence-corrected chi connectivity index (χ2v) is 3.00. The lowest BCUT2D eigenvalue weighted by Gasteiger charge is -1.99. The number of H-pyrrole nitrogens is 1. The monoisotopic (exact) mass is 185 g/mol. The van der Waals surface area contributed by atoms with Crippen molar-refractivity contribution in [1.82, 2.24) is 9.97 Å². The van der Waals surface area contributed by atoms with Crippen LogP contribution in [0.25, 0.3) is 11.0 Å². The van der Waals surface area contributed by atoms with E-state index in [2.05, 4.69) is 9.97 Å². The van der Waals surface area contributed by atoms with E-state index in [0.29, 0.717) is 11.0 Å². The Kier molecular flexibility index (Phi) is 1.79. The van der Waals surface area contributed by atoms with E-state index in [9.17, 15) is 4.79 Å². The van der Waals surface area contributed by atoms with Crippen molar-refractivity contribution < 1.29 is 0 Å². The lowest BCUT2D eigenvalue weighted by atomic mass is 10.2. The van der Waals surface area contributed by atoms with Crippen LogP contribution in [0.5, 0.6) is 0 Å². The molecular formula is C10H7N3O. The number of fused-ring (bicyclic) bond motifs is 1. The van der Waals surface area contributed by atoms with Crippen LogP contribution in [-0.2, 0) is 0 Å². The molecule has 68 valence electrons. The summed E-state index contributed by atoms with van der Waals surface area (Å²) in [6.45, 7) is 1.88. The maximum absolute atomic E-state index is 11.3. The first-order chi connectivity index (χ1) is 6.72. The van der Waals surface area contributed by atoms with Crippen LogP contribution < -0.4 is 5.56 Å². The van der Waals surface area contributed by atoms with Crippen LogP contribution in [0.4, 0.5) is 0 Å². The van der Waals surface area contributed by atoms with Crippen molar-refractivity contribution in [3.05, 3.63) is 39.8 Å². The fraction of sp³-hybridized carbons (Fsp3) is 0.100.